The summed E-state index contributed by atoms with van der Waals surface area (Å²) in [7, 11) is 0. The number of fused-ring (bicyclic) bond motifs is 1. The van der Waals surface area contributed by atoms with Crippen LogP contribution in [0.15, 0.2) is 36.5 Å². The summed E-state index contributed by atoms with van der Waals surface area (Å²) in [6.07, 6.45) is 2.48. The zero-order valence-electron chi connectivity index (χ0n) is 12.2. The Morgan fingerprint density at radius 1 is 1.33 bits per heavy atom. The highest BCUT2D eigenvalue weighted by molar-refractivity contribution is 5.95. The van der Waals surface area contributed by atoms with Gasteiger partial charge >= 0.3 is 5.97 Å². The van der Waals surface area contributed by atoms with Crippen LogP contribution in [0.25, 0.3) is 0 Å². The van der Waals surface area contributed by atoms with Crippen LogP contribution in [-0.2, 0) is 6.42 Å². The molecule has 0 saturated heterocycles. The second-order valence-corrected chi connectivity index (χ2v) is 5.70. The lowest BCUT2D eigenvalue weighted by atomic mass is 9.93. The van der Waals surface area contributed by atoms with E-state index in [1.807, 2.05) is 25.1 Å². The number of aromatic carboxylic acids is 1. The number of benzene rings is 1. The molecule has 0 amide bonds. The largest absolute Gasteiger partial charge is 0.478 e. The van der Waals surface area contributed by atoms with E-state index in [0.717, 1.165) is 30.0 Å². The van der Waals surface area contributed by atoms with Crippen molar-refractivity contribution in [2.75, 3.05) is 11.4 Å². The Morgan fingerprint density at radius 2 is 2.10 bits per heavy atom. The quantitative estimate of drug-likeness (QED) is 0.917. The number of carboxylic acids is 1. The number of aromatic nitrogens is 1. The van der Waals surface area contributed by atoms with Crippen molar-refractivity contribution in [3.8, 4) is 0 Å². The zero-order chi connectivity index (χ0) is 15.0. The highest BCUT2D eigenvalue weighted by atomic mass is 16.4. The Labute approximate surface area is 124 Å². The van der Waals surface area contributed by atoms with Gasteiger partial charge in [-0.15, -0.1) is 0 Å². The standard InChI is InChI=1S/C17H18N2O2/c1-11-7-13-5-3-4-6-15(13)19(10-11)16-8-12(2)18-9-14(16)17(20)21/h3-6,8-9,11H,7,10H2,1-2H3,(H,20,21). The molecule has 0 fully saturated rings. The molecule has 1 aromatic heterocycles. The third kappa shape index (κ3) is 2.49. The maximum absolute atomic E-state index is 11.5. The molecule has 21 heavy (non-hydrogen) atoms. The first-order valence-corrected chi connectivity index (χ1v) is 7.11. The second-order valence-electron chi connectivity index (χ2n) is 5.70. The van der Waals surface area contributed by atoms with E-state index in [1.54, 1.807) is 0 Å². The molecule has 0 saturated carbocycles. The minimum atomic E-state index is -0.937. The fourth-order valence-electron chi connectivity index (χ4n) is 2.96. The highest BCUT2D eigenvalue weighted by Gasteiger charge is 2.26. The number of anilines is 2. The second kappa shape index (κ2) is 5.20. The summed E-state index contributed by atoms with van der Waals surface area (Å²) in [5.41, 5.74) is 4.18. The van der Waals surface area contributed by atoms with E-state index in [9.17, 15) is 9.90 Å². The maximum Gasteiger partial charge on any atom is 0.339 e. The molecule has 2 aromatic rings. The summed E-state index contributed by atoms with van der Waals surface area (Å²) in [5.74, 6) is -0.455. The van der Waals surface area contributed by atoms with E-state index in [-0.39, 0.29) is 5.56 Å². The number of aryl methyl sites for hydroxylation is 1. The Bertz CT molecular complexity index is 697. The molecule has 0 spiro atoms. The van der Waals surface area contributed by atoms with Crippen LogP contribution in [0.3, 0.4) is 0 Å². The predicted octanol–water partition coefficient (Wildman–Crippen LogP) is 3.42. The van der Waals surface area contributed by atoms with Gasteiger partial charge in [0, 0.05) is 24.1 Å². The number of carboxylic acid groups (broad SMARTS) is 1. The van der Waals surface area contributed by atoms with Crippen LogP contribution < -0.4 is 4.90 Å². The van der Waals surface area contributed by atoms with E-state index in [4.69, 9.17) is 0 Å². The molecule has 1 aliphatic heterocycles. The number of para-hydroxylation sites is 1. The molecule has 0 aliphatic carbocycles. The molecule has 1 aromatic carbocycles. The minimum absolute atomic E-state index is 0.254. The van der Waals surface area contributed by atoms with Crippen molar-refractivity contribution in [1.29, 1.82) is 0 Å². The van der Waals surface area contributed by atoms with Crippen LogP contribution in [0.1, 0.15) is 28.5 Å². The Kier molecular flexibility index (Phi) is 3.37. The van der Waals surface area contributed by atoms with Crippen LogP contribution in [0, 0.1) is 12.8 Å². The van der Waals surface area contributed by atoms with Gasteiger partial charge in [-0.25, -0.2) is 4.79 Å². The first-order chi connectivity index (χ1) is 10.1. The van der Waals surface area contributed by atoms with Gasteiger partial charge in [0.1, 0.15) is 5.56 Å². The van der Waals surface area contributed by atoms with Gasteiger partial charge in [0.15, 0.2) is 0 Å². The van der Waals surface area contributed by atoms with Crippen molar-refractivity contribution in [3.05, 3.63) is 53.3 Å². The monoisotopic (exact) mass is 282 g/mol. The normalized spacial score (nSPS) is 17.4. The molecule has 1 atom stereocenters. The first kappa shape index (κ1) is 13.6. The average Bonchev–Trinajstić information content (AvgIpc) is 2.45. The van der Waals surface area contributed by atoms with Gasteiger partial charge < -0.3 is 10.0 Å². The van der Waals surface area contributed by atoms with Gasteiger partial charge in [0.05, 0.1) is 5.69 Å². The van der Waals surface area contributed by atoms with Crippen molar-refractivity contribution in [2.45, 2.75) is 20.3 Å². The fraction of sp³-hybridized carbons (Fsp3) is 0.294. The van der Waals surface area contributed by atoms with Crippen LogP contribution in [0.4, 0.5) is 11.4 Å². The Balaban J connectivity index is 2.17. The number of hydrogen-bond acceptors (Lipinski definition) is 3. The number of carbonyl (C=O) groups is 1. The maximum atomic E-state index is 11.5. The summed E-state index contributed by atoms with van der Waals surface area (Å²) in [5, 5.41) is 9.43. The molecule has 4 heteroatoms. The van der Waals surface area contributed by atoms with Crippen LogP contribution in [0.5, 0.6) is 0 Å². The highest BCUT2D eigenvalue weighted by Crippen LogP contribution is 2.36. The summed E-state index contributed by atoms with van der Waals surface area (Å²) in [6.45, 7) is 4.90. The van der Waals surface area contributed by atoms with Crippen molar-refractivity contribution >= 4 is 17.3 Å². The molecule has 2 heterocycles. The lowest BCUT2D eigenvalue weighted by molar-refractivity contribution is 0.0697. The Hall–Kier alpha value is -2.36. The lowest BCUT2D eigenvalue weighted by Crippen LogP contribution is -2.31. The van der Waals surface area contributed by atoms with Gasteiger partial charge in [-0.1, -0.05) is 25.1 Å². The molecule has 1 unspecified atom stereocenters. The minimum Gasteiger partial charge on any atom is -0.478 e. The van der Waals surface area contributed by atoms with Crippen molar-refractivity contribution in [3.63, 3.8) is 0 Å². The smallest absolute Gasteiger partial charge is 0.339 e. The molecule has 0 radical (unpaired) electrons. The van der Waals surface area contributed by atoms with Gasteiger partial charge in [0.25, 0.3) is 0 Å². The Morgan fingerprint density at radius 3 is 2.86 bits per heavy atom. The molecule has 0 bridgehead atoms. The third-order valence-corrected chi connectivity index (χ3v) is 3.89. The number of nitrogens with zero attached hydrogens (tertiary/aromatic N) is 2. The summed E-state index contributed by atoms with van der Waals surface area (Å²) in [6, 6.07) is 10.1. The summed E-state index contributed by atoms with van der Waals surface area (Å²) in [4.78, 5) is 17.7. The molecule has 1 aliphatic rings. The van der Waals surface area contributed by atoms with E-state index < -0.39 is 5.97 Å². The van der Waals surface area contributed by atoms with E-state index in [1.165, 1.54) is 11.8 Å². The number of pyridine rings is 1. The van der Waals surface area contributed by atoms with Crippen LogP contribution >= 0.6 is 0 Å². The van der Waals surface area contributed by atoms with E-state index >= 15 is 0 Å². The van der Waals surface area contributed by atoms with Crippen LogP contribution in [-0.4, -0.2) is 22.6 Å². The summed E-state index contributed by atoms with van der Waals surface area (Å²) >= 11 is 0. The van der Waals surface area contributed by atoms with Gasteiger partial charge in [-0.3, -0.25) is 4.98 Å². The number of rotatable bonds is 2. The SMILES string of the molecule is Cc1cc(N2CC(C)Cc3ccccc32)c(C(=O)O)cn1. The van der Waals surface area contributed by atoms with Crippen molar-refractivity contribution < 1.29 is 9.90 Å². The lowest BCUT2D eigenvalue weighted by Gasteiger charge is -2.35. The van der Waals surface area contributed by atoms with Gasteiger partial charge in [-0.2, -0.15) is 0 Å². The van der Waals surface area contributed by atoms with E-state index in [2.05, 4.69) is 28.9 Å². The van der Waals surface area contributed by atoms with Crippen molar-refractivity contribution in [1.82, 2.24) is 4.98 Å². The molecule has 108 valence electrons. The number of hydrogen-bond donors (Lipinski definition) is 1. The summed E-state index contributed by atoms with van der Waals surface area (Å²) < 4.78 is 0. The van der Waals surface area contributed by atoms with Crippen molar-refractivity contribution in [2.24, 2.45) is 5.92 Å². The van der Waals surface area contributed by atoms with Gasteiger partial charge in [0.2, 0.25) is 0 Å². The molecule has 4 nitrogen and oxygen atoms in total. The van der Waals surface area contributed by atoms with Gasteiger partial charge in [-0.05, 0) is 37.0 Å². The topological polar surface area (TPSA) is 53.4 Å². The molecule has 1 N–H and O–H groups in total. The van der Waals surface area contributed by atoms with Crippen LogP contribution in [0.2, 0.25) is 0 Å². The third-order valence-electron chi connectivity index (χ3n) is 3.89. The predicted molar refractivity (Wildman–Crippen MR) is 82.2 cm³/mol. The zero-order valence-corrected chi connectivity index (χ0v) is 12.2. The molecular formula is C17H18N2O2. The fourth-order valence-corrected chi connectivity index (χ4v) is 2.96. The first-order valence-electron chi connectivity index (χ1n) is 7.11. The average molecular weight is 282 g/mol. The molecule has 3 rings (SSSR count). The van der Waals surface area contributed by atoms with E-state index in [0.29, 0.717) is 5.92 Å². The molecular weight excluding hydrogens is 264 g/mol.